The maximum atomic E-state index is 12.8. The number of non-ortho nitro benzene ring substituents is 1. The highest BCUT2D eigenvalue weighted by atomic mass is 35.5. The number of rotatable bonds is 13. The normalized spacial score (nSPS) is 13.6. The fraction of sp³-hybridized carbons (Fsp3) is 0.520. The average Bonchev–Trinajstić information content (AvgIpc) is 2.84. The number of unbranched alkanes of at least 4 members (excludes halogenated alkanes) is 2. The van der Waals surface area contributed by atoms with Crippen LogP contribution in [-0.2, 0) is 19.1 Å². The Kier molecular flexibility index (Phi) is 13.0. The lowest BCUT2D eigenvalue weighted by Gasteiger charge is -2.30. The smallest absolute Gasteiger partial charge is 0.336 e. The van der Waals surface area contributed by atoms with Crippen LogP contribution in [0.25, 0.3) is 0 Å². The van der Waals surface area contributed by atoms with Crippen molar-refractivity contribution in [3.05, 3.63) is 56.4 Å². The number of benzene rings is 1. The molecule has 0 unspecified atom stereocenters. The van der Waals surface area contributed by atoms with Gasteiger partial charge in [0.1, 0.15) is 5.75 Å². The number of nitrogens with zero attached hydrogens (tertiary/aromatic N) is 1. The van der Waals surface area contributed by atoms with E-state index in [1.54, 1.807) is 13.8 Å². The third-order valence-electron chi connectivity index (χ3n) is 5.80. The Morgan fingerprint density at radius 2 is 1.61 bits per heavy atom. The molecule has 10 nitrogen and oxygen atoms in total. The second-order valence-corrected chi connectivity index (χ2v) is 8.26. The van der Waals surface area contributed by atoms with Crippen LogP contribution in [0, 0.1) is 10.1 Å². The molecule has 2 rings (SSSR count). The molecular formula is C25H36ClN3O7. The van der Waals surface area contributed by atoms with Crippen molar-refractivity contribution in [1.29, 1.82) is 0 Å². The zero-order valence-corrected chi connectivity index (χ0v) is 22.3. The van der Waals surface area contributed by atoms with Gasteiger partial charge < -0.3 is 24.8 Å². The summed E-state index contributed by atoms with van der Waals surface area (Å²) in [4.78, 5) is 36.6. The van der Waals surface area contributed by atoms with Crippen LogP contribution in [0.5, 0.6) is 5.75 Å². The number of methoxy groups -OCH3 is 2. The Bertz CT molecular complexity index is 969. The lowest BCUT2D eigenvalue weighted by Crippen LogP contribution is -2.32. The second-order valence-electron chi connectivity index (χ2n) is 8.26. The predicted molar refractivity (Wildman–Crippen MR) is 138 cm³/mol. The molecule has 1 aliphatic rings. The van der Waals surface area contributed by atoms with Gasteiger partial charge in [-0.25, -0.2) is 9.59 Å². The van der Waals surface area contributed by atoms with Gasteiger partial charge in [0.25, 0.3) is 5.69 Å². The van der Waals surface area contributed by atoms with E-state index in [9.17, 15) is 19.7 Å². The summed E-state index contributed by atoms with van der Waals surface area (Å²) in [6.45, 7) is 7.72. The van der Waals surface area contributed by atoms with E-state index in [1.807, 2.05) is 0 Å². The summed E-state index contributed by atoms with van der Waals surface area (Å²) in [6, 6.07) is 4.18. The van der Waals surface area contributed by atoms with E-state index in [0.717, 1.165) is 38.8 Å². The van der Waals surface area contributed by atoms with Crippen molar-refractivity contribution in [3.8, 4) is 5.75 Å². The third-order valence-corrected chi connectivity index (χ3v) is 5.80. The van der Waals surface area contributed by atoms with E-state index in [1.165, 1.54) is 32.4 Å². The van der Waals surface area contributed by atoms with Gasteiger partial charge in [-0.3, -0.25) is 10.1 Å². The molecule has 1 aromatic rings. The zero-order valence-electron chi connectivity index (χ0n) is 21.5. The Morgan fingerprint density at radius 1 is 1.03 bits per heavy atom. The number of dihydropyridines is 1. The molecule has 0 aliphatic carbocycles. The maximum absolute atomic E-state index is 12.8. The Hall–Kier alpha value is -3.11. The minimum Gasteiger partial charge on any atom is -0.493 e. The number of halogens is 1. The predicted octanol–water partition coefficient (Wildman–Crippen LogP) is 4.15. The lowest BCUT2D eigenvalue weighted by molar-refractivity contribution is -0.384. The SMILES string of the molecule is CCCCNCCCCOc1ccc([N+](=O)[O-])cc1C1C(C(=O)OC)=C(C)NC(C)=C1C(=O)OC.Cl. The van der Waals surface area contributed by atoms with Gasteiger partial charge in [-0.15, -0.1) is 12.4 Å². The van der Waals surface area contributed by atoms with Crippen LogP contribution in [0.15, 0.2) is 40.7 Å². The molecule has 0 fully saturated rings. The van der Waals surface area contributed by atoms with Gasteiger partial charge in [-0.05, 0) is 52.3 Å². The third kappa shape index (κ3) is 7.69. The van der Waals surface area contributed by atoms with Crippen molar-refractivity contribution < 1.29 is 28.7 Å². The molecular weight excluding hydrogens is 490 g/mol. The first kappa shape index (κ1) is 30.9. The van der Waals surface area contributed by atoms with Gasteiger partial charge in [0.15, 0.2) is 0 Å². The zero-order chi connectivity index (χ0) is 26.0. The largest absolute Gasteiger partial charge is 0.493 e. The molecule has 0 radical (unpaired) electrons. The number of nitro groups is 1. The van der Waals surface area contributed by atoms with Crippen LogP contribution in [0.1, 0.15) is 57.9 Å². The van der Waals surface area contributed by atoms with Gasteiger partial charge in [-0.2, -0.15) is 0 Å². The maximum Gasteiger partial charge on any atom is 0.336 e. The minimum absolute atomic E-state index is 0. The first-order chi connectivity index (χ1) is 16.8. The van der Waals surface area contributed by atoms with Crippen molar-refractivity contribution in [2.45, 2.75) is 52.4 Å². The fourth-order valence-electron chi connectivity index (χ4n) is 4.03. The van der Waals surface area contributed by atoms with Gasteiger partial charge in [0.05, 0.1) is 42.8 Å². The molecule has 1 aromatic carbocycles. The van der Waals surface area contributed by atoms with Gasteiger partial charge in [-0.1, -0.05) is 13.3 Å². The van der Waals surface area contributed by atoms with Crippen LogP contribution in [0.3, 0.4) is 0 Å². The highest BCUT2D eigenvalue weighted by molar-refractivity contribution is 6.00. The van der Waals surface area contributed by atoms with Crippen LogP contribution >= 0.6 is 12.4 Å². The molecule has 0 aromatic heterocycles. The molecule has 1 aliphatic heterocycles. The van der Waals surface area contributed by atoms with Crippen molar-refractivity contribution in [2.75, 3.05) is 33.9 Å². The number of esters is 2. The topological polar surface area (TPSA) is 129 Å². The van der Waals surface area contributed by atoms with E-state index in [0.29, 0.717) is 29.3 Å². The second kappa shape index (κ2) is 15.1. The van der Waals surface area contributed by atoms with Crippen molar-refractivity contribution >= 4 is 30.0 Å². The van der Waals surface area contributed by atoms with E-state index >= 15 is 0 Å². The standard InChI is InChI=1S/C25H35N3O7.ClH/c1-6-7-12-26-13-8-9-14-35-20-11-10-18(28(31)32)15-19(20)23-21(24(29)33-4)16(2)27-17(3)22(23)25(30)34-5;/h10-11,15,23,26-27H,6-9,12-14H2,1-5H3;1H. The summed E-state index contributed by atoms with van der Waals surface area (Å²) in [7, 11) is 2.48. The number of hydrogen-bond donors (Lipinski definition) is 2. The fourth-order valence-corrected chi connectivity index (χ4v) is 4.03. The number of nitrogens with one attached hydrogen (secondary N) is 2. The van der Waals surface area contributed by atoms with Gasteiger partial charge in [0, 0.05) is 29.1 Å². The Morgan fingerprint density at radius 3 is 2.14 bits per heavy atom. The molecule has 0 amide bonds. The Balaban J connectivity index is 0.00000648. The van der Waals surface area contributed by atoms with Crippen molar-refractivity contribution in [1.82, 2.24) is 10.6 Å². The van der Waals surface area contributed by atoms with Gasteiger partial charge in [0.2, 0.25) is 0 Å². The summed E-state index contributed by atoms with van der Waals surface area (Å²) in [5.41, 5.74) is 1.40. The van der Waals surface area contributed by atoms with Crippen LogP contribution < -0.4 is 15.4 Å². The molecule has 11 heteroatoms. The molecule has 2 N–H and O–H groups in total. The molecule has 0 atom stereocenters. The molecule has 200 valence electrons. The molecule has 0 saturated heterocycles. The number of nitro benzene ring substituents is 1. The lowest BCUT2D eigenvalue weighted by atomic mass is 9.80. The number of hydrogen-bond acceptors (Lipinski definition) is 9. The molecule has 36 heavy (non-hydrogen) atoms. The summed E-state index contributed by atoms with van der Waals surface area (Å²) in [5, 5.41) is 18.0. The summed E-state index contributed by atoms with van der Waals surface area (Å²) in [6.07, 6.45) is 3.93. The highest BCUT2D eigenvalue weighted by Crippen LogP contribution is 2.44. The number of carbonyl (C=O) groups excluding carboxylic acids is 2. The van der Waals surface area contributed by atoms with Gasteiger partial charge >= 0.3 is 11.9 Å². The number of allylic oxidation sites excluding steroid dienone is 2. The molecule has 1 heterocycles. The highest BCUT2D eigenvalue weighted by Gasteiger charge is 2.39. The first-order valence-corrected chi connectivity index (χ1v) is 11.7. The van der Waals surface area contributed by atoms with Crippen LogP contribution in [0.2, 0.25) is 0 Å². The van der Waals surface area contributed by atoms with E-state index in [-0.39, 0.29) is 29.2 Å². The number of ether oxygens (including phenoxy) is 3. The van der Waals surface area contributed by atoms with E-state index in [2.05, 4.69) is 17.6 Å². The quantitative estimate of drug-likeness (QED) is 0.169. The van der Waals surface area contributed by atoms with E-state index < -0.39 is 22.8 Å². The van der Waals surface area contributed by atoms with Crippen molar-refractivity contribution in [2.24, 2.45) is 0 Å². The average molecular weight is 526 g/mol. The summed E-state index contributed by atoms with van der Waals surface area (Å²) < 4.78 is 16.0. The molecule has 0 spiro atoms. The van der Waals surface area contributed by atoms with Crippen molar-refractivity contribution in [3.63, 3.8) is 0 Å². The van der Waals surface area contributed by atoms with Crippen LogP contribution in [0.4, 0.5) is 5.69 Å². The Labute approximate surface area is 218 Å². The molecule has 0 bridgehead atoms. The summed E-state index contributed by atoms with van der Waals surface area (Å²) in [5.74, 6) is -1.94. The monoisotopic (exact) mass is 525 g/mol. The minimum atomic E-state index is -0.971. The van der Waals surface area contributed by atoms with E-state index in [4.69, 9.17) is 14.2 Å². The molecule has 0 saturated carbocycles. The number of carbonyl (C=O) groups is 2. The van der Waals surface area contributed by atoms with Crippen LogP contribution in [-0.4, -0.2) is 50.8 Å². The summed E-state index contributed by atoms with van der Waals surface area (Å²) >= 11 is 0. The first-order valence-electron chi connectivity index (χ1n) is 11.7.